The molecule has 0 radical (unpaired) electrons. The van der Waals surface area contributed by atoms with Crippen LogP contribution in [0.5, 0.6) is 5.75 Å². The smallest absolute Gasteiger partial charge is 0.387 e. The molecule has 0 atom stereocenters. The molecule has 3 N–H and O–H groups in total. The van der Waals surface area contributed by atoms with E-state index in [1.165, 1.54) is 6.07 Å². The maximum absolute atomic E-state index is 11.8. The Hall–Kier alpha value is -0.630. The summed E-state index contributed by atoms with van der Waals surface area (Å²) in [6, 6.07) is 4.69. The van der Waals surface area contributed by atoms with Gasteiger partial charge in [-0.05, 0) is 40.8 Å². The minimum absolute atomic E-state index is 0.0397. The number of benzene rings is 1. The Labute approximate surface area is 87.4 Å². The lowest BCUT2D eigenvalue weighted by molar-refractivity contribution is -0.0493. The van der Waals surface area contributed by atoms with Gasteiger partial charge < -0.3 is 10.2 Å². The fourth-order valence-electron chi connectivity index (χ4n) is 0.814. The van der Waals surface area contributed by atoms with Gasteiger partial charge in [-0.25, -0.2) is 0 Å². The zero-order valence-corrected chi connectivity index (χ0v) is 8.59. The van der Waals surface area contributed by atoms with E-state index in [2.05, 4.69) is 10.2 Å². The van der Waals surface area contributed by atoms with Gasteiger partial charge in [0.1, 0.15) is 0 Å². The van der Waals surface area contributed by atoms with E-state index < -0.39 is 6.61 Å². The quantitative estimate of drug-likeness (QED) is 0.511. The summed E-state index contributed by atoms with van der Waals surface area (Å²) in [5.41, 5.74) is 2.62. The van der Waals surface area contributed by atoms with E-state index in [4.69, 9.17) is 5.84 Å². The van der Waals surface area contributed by atoms with Crippen LogP contribution in [0.3, 0.4) is 0 Å². The highest BCUT2D eigenvalue weighted by Crippen LogP contribution is 2.26. The van der Waals surface area contributed by atoms with Crippen molar-refractivity contribution in [1.82, 2.24) is 0 Å². The number of halogens is 3. The second kappa shape index (κ2) is 4.56. The second-order valence-electron chi connectivity index (χ2n) is 2.16. The molecule has 0 unspecified atom stereocenters. The second-order valence-corrected chi connectivity index (χ2v) is 3.41. The molecule has 6 heteroatoms. The van der Waals surface area contributed by atoms with Crippen molar-refractivity contribution < 1.29 is 13.5 Å². The number of nitrogen functional groups attached to an aromatic ring is 1. The van der Waals surface area contributed by atoms with Crippen LogP contribution in [0, 0.1) is 3.57 Å². The summed E-state index contributed by atoms with van der Waals surface area (Å²) in [5, 5.41) is 0. The van der Waals surface area contributed by atoms with Crippen LogP contribution in [0.15, 0.2) is 18.2 Å². The van der Waals surface area contributed by atoms with Gasteiger partial charge in [0.25, 0.3) is 0 Å². The Kier molecular flexibility index (Phi) is 3.67. The predicted octanol–water partition coefficient (Wildman–Crippen LogP) is 2.18. The lowest BCUT2D eigenvalue weighted by atomic mass is 10.3. The minimum Gasteiger partial charge on any atom is -0.433 e. The van der Waals surface area contributed by atoms with E-state index in [1.54, 1.807) is 12.1 Å². The lowest BCUT2D eigenvalue weighted by Crippen LogP contribution is -2.11. The number of hydrogen-bond acceptors (Lipinski definition) is 3. The van der Waals surface area contributed by atoms with Gasteiger partial charge in [-0.1, -0.05) is 0 Å². The zero-order valence-electron chi connectivity index (χ0n) is 6.43. The Morgan fingerprint density at radius 2 is 2.15 bits per heavy atom. The van der Waals surface area contributed by atoms with Crippen molar-refractivity contribution in [3.8, 4) is 5.75 Å². The van der Waals surface area contributed by atoms with Gasteiger partial charge in [0.2, 0.25) is 0 Å². The van der Waals surface area contributed by atoms with E-state index in [0.717, 1.165) is 3.57 Å². The van der Waals surface area contributed by atoms with E-state index in [0.29, 0.717) is 5.69 Å². The van der Waals surface area contributed by atoms with Gasteiger partial charge in [-0.3, -0.25) is 5.84 Å². The molecule has 0 aliphatic carbocycles. The lowest BCUT2D eigenvalue weighted by Gasteiger charge is -2.09. The van der Waals surface area contributed by atoms with Gasteiger partial charge >= 0.3 is 6.61 Å². The molecule has 0 bridgehead atoms. The monoisotopic (exact) mass is 300 g/mol. The Morgan fingerprint density at radius 3 is 2.69 bits per heavy atom. The summed E-state index contributed by atoms with van der Waals surface area (Å²) >= 11 is 2.04. The maximum atomic E-state index is 11.8. The molecule has 0 spiro atoms. The topological polar surface area (TPSA) is 47.3 Å². The standard InChI is InChI=1S/C7H7F2IN2O/c8-7(9)13-6-2-1-4(10)3-5(6)12-11/h1-3,7,12H,11H2. The van der Waals surface area contributed by atoms with E-state index in [9.17, 15) is 8.78 Å². The highest BCUT2D eigenvalue weighted by atomic mass is 127. The van der Waals surface area contributed by atoms with Crippen molar-refractivity contribution in [2.45, 2.75) is 6.61 Å². The molecule has 0 aliphatic rings. The third-order valence-electron chi connectivity index (χ3n) is 1.31. The first-order valence-corrected chi connectivity index (χ1v) is 4.42. The van der Waals surface area contributed by atoms with Crippen molar-refractivity contribution >= 4 is 28.3 Å². The zero-order chi connectivity index (χ0) is 9.84. The summed E-state index contributed by atoms with van der Waals surface area (Å²) in [6.07, 6.45) is 0. The number of nitrogens with one attached hydrogen (secondary N) is 1. The highest BCUT2D eigenvalue weighted by molar-refractivity contribution is 14.1. The highest BCUT2D eigenvalue weighted by Gasteiger charge is 2.08. The van der Waals surface area contributed by atoms with Crippen molar-refractivity contribution in [2.24, 2.45) is 5.84 Å². The first kappa shape index (κ1) is 10.5. The van der Waals surface area contributed by atoms with E-state index in [1.807, 2.05) is 22.6 Å². The molecule has 0 heterocycles. The molecule has 3 nitrogen and oxygen atoms in total. The molecule has 1 aromatic rings. The first-order chi connectivity index (χ1) is 6.13. The van der Waals surface area contributed by atoms with Gasteiger partial charge in [0.05, 0.1) is 5.69 Å². The number of hydrazine groups is 1. The predicted molar refractivity (Wildman–Crippen MR) is 53.6 cm³/mol. The minimum atomic E-state index is -2.84. The van der Waals surface area contributed by atoms with E-state index >= 15 is 0 Å². The molecule has 0 fully saturated rings. The molecule has 1 rings (SSSR count). The van der Waals surface area contributed by atoms with Crippen molar-refractivity contribution in [3.05, 3.63) is 21.8 Å². The van der Waals surface area contributed by atoms with Crippen LogP contribution in [-0.4, -0.2) is 6.61 Å². The molecule has 13 heavy (non-hydrogen) atoms. The summed E-state index contributed by atoms with van der Waals surface area (Å²) in [6.45, 7) is -2.84. The Bertz CT molecular complexity index is 296. The van der Waals surface area contributed by atoms with Gasteiger partial charge in [0, 0.05) is 3.57 Å². The summed E-state index contributed by atoms with van der Waals surface area (Å²) in [4.78, 5) is 0. The van der Waals surface area contributed by atoms with Gasteiger partial charge in [0.15, 0.2) is 5.75 Å². The van der Waals surface area contributed by atoms with Gasteiger partial charge in [-0.2, -0.15) is 8.78 Å². The average molecular weight is 300 g/mol. The molecule has 1 aromatic carbocycles. The van der Waals surface area contributed by atoms with Crippen molar-refractivity contribution in [3.63, 3.8) is 0 Å². The van der Waals surface area contributed by atoms with Gasteiger partial charge in [-0.15, -0.1) is 0 Å². The summed E-state index contributed by atoms with van der Waals surface area (Å²) < 4.78 is 28.8. The molecule has 0 aromatic heterocycles. The molecule has 0 saturated heterocycles. The third-order valence-corrected chi connectivity index (χ3v) is 1.98. The number of hydrogen-bond donors (Lipinski definition) is 2. The SMILES string of the molecule is NNc1cc(I)ccc1OC(F)F. The number of alkyl halides is 2. The molecule has 0 aliphatic heterocycles. The van der Waals surface area contributed by atoms with Crippen LogP contribution < -0.4 is 16.0 Å². The number of anilines is 1. The van der Waals surface area contributed by atoms with Crippen LogP contribution >= 0.6 is 22.6 Å². The fraction of sp³-hybridized carbons (Fsp3) is 0.143. The molecule has 72 valence electrons. The molecular formula is C7H7F2IN2O. The van der Waals surface area contributed by atoms with Crippen LogP contribution in [0.4, 0.5) is 14.5 Å². The summed E-state index contributed by atoms with van der Waals surface area (Å²) in [7, 11) is 0. The molecular weight excluding hydrogens is 293 g/mol. The molecule has 0 amide bonds. The number of rotatable bonds is 3. The largest absolute Gasteiger partial charge is 0.433 e. The Morgan fingerprint density at radius 1 is 1.46 bits per heavy atom. The number of ether oxygens (including phenoxy) is 1. The van der Waals surface area contributed by atoms with E-state index in [-0.39, 0.29) is 5.75 Å². The Balaban J connectivity index is 2.92. The third kappa shape index (κ3) is 2.96. The van der Waals surface area contributed by atoms with Crippen LogP contribution in [-0.2, 0) is 0 Å². The normalized spacial score (nSPS) is 10.2. The van der Waals surface area contributed by atoms with Crippen LogP contribution in [0.2, 0.25) is 0 Å². The molecule has 0 saturated carbocycles. The first-order valence-electron chi connectivity index (χ1n) is 3.34. The maximum Gasteiger partial charge on any atom is 0.387 e. The van der Waals surface area contributed by atoms with Crippen molar-refractivity contribution in [2.75, 3.05) is 5.43 Å². The number of nitrogens with two attached hydrogens (primary N) is 1. The van der Waals surface area contributed by atoms with Crippen LogP contribution in [0.25, 0.3) is 0 Å². The average Bonchev–Trinajstić information content (AvgIpc) is 2.07. The van der Waals surface area contributed by atoms with Crippen LogP contribution in [0.1, 0.15) is 0 Å². The van der Waals surface area contributed by atoms with Crippen molar-refractivity contribution in [1.29, 1.82) is 0 Å². The summed E-state index contributed by atoms with van der Waals surface area (Å²) in [5.74, 6) is 5.16. The fourth-order valence-corrected chi connectivity index (χ4v) is 1.30.